The van der Waals surface area contributed by atoms with Crippen molar-refractivity contribution in [3.63, 3.8) is 0 Å². The Kier molecular flexibility index (Phi) is 5.76. The van der Waals surface area contributed by atoms with Crippen LogP contribution in [0.5, 0.6) is 0 Å². The second kappa shape index (κ2) is 5.76. The van der Waals surface area contributed by atoms with Gasteiger partial charge in [0.25, 0.3) is 0 Å². The summed E-state index contributed by atoms with van der Waals surface area (Å²) in [6.45, 7) is 21.7. The summed E-state index contributed by atoms with van der Waals surface area (Å²) in [5, 5.41) is 0. The van der Waals surface area contributed by atoms with Crippen molar-refractivity contribution < 1.29 is 0 Å². The topological polar surface area (TPSA) is 0 Å². The van der Waals surface area contributed by atoms with Crippen LogP contribution in [0.1, 0.15) is 88.0 Å². The fourth-order valence-electron chi connectivity index (χ4n) is 2.90. The van der Waals surface area contributed by atoms with Crippen LogP contribution in [0.2, 0.25) is 0 Å². The lowest BCUT2D eigenvalue weighted by molar-refractivity contribution is 0.00229. The molecule has 0 aromatic heterocycles. The quantitative estimate of drug-likeness (QED) is 0.490. The highest BCUT2D eigenvalue weighted by Gasteiger charge is 2.43. The van der Waals surface area contributed by atoms with E-state index in [9.17, 15) is 0 Å². The van der Waals surface area contributed by atoms with Gasteiger partial charge in [0.1, 0.15) is 0 Å². The zero-order valence-corrected chi connectivity index (χ0v) is 13.9. The molecule has 0 N–H and O–H groups in total. The van der Waals surface area contributed by atoms with Gasteiger partial charge < -0.3 is 0 Å². The van der Waals surface area contributed by atoms with Crippen LogP contribution in [0.3, 0.4) is 0 Å². The molecule has 2 atom stereocenters. The van der Waals surface area contributed by atoms with Gasteiger partial charge in [0.2, 0.25) is 0 Å². The zero-order valence-electron chi connectivity index (χ0n) is 13.9. The molecule has 0 nitrogen and oxygen atoms in total. The van der Waals surface area contributed by atoms with Crippen molar-refractivity contribution in [2.45, 2.75) is 88.0 Å². The highest BCUT2D eigenvalue weighted by atomic mass is 14.5. The van der Waals surface area contributed by atoms with E-state index < -0.39 is 0 Å². The lowest BCUT2D eigenvalue weighted by Gasteiger charge is -2.50. The lowest BCUT2D eigenvalue weighted by Crippen LogP contribution is -2.40. The first-order valence-electron chi connectivity index (χ1n) is 7.58. The van der Waals surface area contributed by atoms with E-state index in [1.54, 1.807) is 0 Å². The molecular weight excluding hydrogens is 204 g/mol. The molecule has 0 aromatic rings. The monoisotopic (exact) mass is 240 g/mol. The summed E-state index contributed by atoms with van der Waals surface area (Å²) < 4.78 is 0. The van der Waals surface area contributed by atoms with Gasteiger partial charge in [-0.05, 0) is 28.6 Å². The van der Waals surface area contributed by atoms with Crippen LogP contribution in [-0.2, 0) is 0 Å². The third-order valence-corrected chi connectivity index (χ3v) is 6.29. The molecule has 0 amide bonds. The van der Waals surface area contributed by atoms with Gasteiger partial charge >= 0.3 is 0 Å². The molecule has 0 aliphatic rings. The highest BCUT2D eigenvalue weighted by Crippen LogP contribution is 2.53. The molecule has 0 saturated carbocycles. The van der Waals surface area contributed by atoms with E-state index in [4.69, 9.17) is 0 Å². The van der Waals surface area contributed by atoms with Gasteiger partial charge in [-0.15, -0.1) is 0 Å². The van der Waals surface area contributed by atoms with Crippen molar-refractivity contribution in [1.82, 2.24) is 0 Å². The minimum absolute atomic E-state index is 0.438. The van der Waals surface area contributed by atoms with Gasteiger partial charge in [-0.3, -0.25) is 0 Å². The molecule has 0 fully saturated rings. The van der Waals surface area contributed by atoms with E-state index in [0.29, 0.717) is 16.2 Å². The van der Waals surface area contributed by atoms with Gasteiger partial charge in [0, 0.05) is 0 Å². The second-order valence-corrected chi connectivity index (χ2v) is 7.49. The molecule has 0 aliphatic heterocycles. The summed E-state index contributed by atoms with van der Waals surface area (Å²) in [5.41, 5.74) is 1.38. The van der Waals surface area contributed by atoms with Gasteiger partial charge in [-0.25, -0.2) is 0 Å². The van der Waals surface area contributed by atoms with Crippen molar-refractivity contribution in [2.24, 2.45) is 22.2 Å². The normalized spacial score (nSPS) is 20.1. The Morgan fingerprint density at radius 2 is 1.24 bits per heavy atom. The van der Waals surface area contributed by atoms with E-state index >= 15 is 0 Å². The predicted octanol–water partition coefficient (Wildman–Crippen LogP) is 6.30. The summed E-state index contributed by atoms with van der Waals surface area (Å²) in [7, 11) is 0. The fraction of sp³-hybridized carbons (Fsp3) is 1.00. The van der Waals surface area contributed by atoms with Crippen LogP contribution < -0.4 is 0 Å². The lowest BCUT2D eigenvalue weighted by atomic mass is 9.55. The molecule has 0 bridgehead atoms. The molecule has 0 radical (unpaired) electrons. The van der Waals surface area contributed by atoms with Crippen LogP contribution in [0.4, 0.5) is 0 Å². The average molecular weight is 240 g/mol. The van der Waals surface area contributed by atoms with E-state index in [1.165, 1.54) is 25.7 Å². The van der Waals surface area contributed by atoms with E-state index in [0.717, 1.165) is 5.92 Å². The van der Waals surface area contributed by atoms with Crippen LogP contribution >= 0.6 is 0 Å². The van der Waals surface area contributed by atoms with Gasteiger partial charge in [-0.2, -0.15) is 0 Å². The average Bonchev–Trinajstić information content (AvgIpc) is 2.28. The molecule has 2 unspecified atom stereocenters. The zero-order chi connectivity index (χ0) is 13.9. The van der Waals surface area contributed by atoms with E-state index in [1.807, 2.05) is 0 Å². The first kappa shape index (κ1) is 17.0. The number of hydrogen-bond donors (Lipinski definition) is 0. The molecule has 104 valence electrons. The molecule has 0 spiro atoms. The smallest absolute Gasteiger partial charge is 0.0272 e. The first-order chi connectivity index (χ1) is 7.58. The van der Waals surface area contributed by atoms with Crippen molar-refractivity contribution in [3.05, 3.63) is 0 Å². The molecule has 17 heavy (non-hydrogen) atoms. The Balaban J connectivity index is 5.16. The van der Waals surface area contributed by atoms with Gasteiger partial charge in [-0.1, -0.05) is 81.6 Å². The maximum Gasteiger partial charge on any atom is -0.0272 e. The van der Waals surface area contributed by atoms with Crippen molar-refractivity contribution >= 4 is 0 Å². The highest BCUT2D eigenvalue weighted by molar-refractivity contribution is 4.93. The van der Waals surface area contributed by atoms with Crippen molar-refractivity contribution in [1.29, 1.82) is 0 Å². The first-order valence-corrected chi connectivity index (χ1v) is 7.58. The summed E-state index contributed by atoms with van der Waals surface area (Å²) in [6.07, 6.45) is 5.21. The second-order valence-electron chi connectivity index (χ2n) is 7.49. The van der Waals surface area contributed by atoms with Gasteiger partial charge in [0.05, 0.1) is 0 Å². The minimum Gasteiger partial charge on any atom is -0.0649 e. The van der Waals surface area contributed by atoms with E-state index in [-0.39, 0.29) is 0 Å². The third kappa shape index (κ3) is 3.48. The number of hydrogen-bond acceptors (Lipinski definition) is 0. The molecular formula is C17H36. The molecule has 0 rings (SSSR count). The van der Waals surface area contributed by atoms with Crippen LogP contribution in [0.15, 0.2) is 0 Å². The molecule has 0 heterocycles. The molecule has 0 aromatic carbocycles. The Morgan fingerprint density at radius 3 is 1.47 bits per heavy atom. The predicted molar refractivity (Wildman–Crippen MR) is 80.3 cm³/mol. The maximum absolute atomic E-state index is 2.51. The summed E-state index contributed by atoms with van der Waals surface area (Å²) >= 11 is 0. The largest absolute Gasteiger partial charge is 0.0649 e. The van der Waals surface area contributed by atoms with Crippen molar-refractivity contribution in [3.8, 4) is 0 Å². The van der Waals surface area contributed by atoms with E-state index in [2.05, 4.69) is 62.3 Å². The Labute approximate surface area is 111 Å². The van der Waals surface area contributed by atoms with Gasteiger partial charge in [0.15, 0.2) is 0 Å². The summed E-state index contributed by atoms with van der Waals surface area (Å²) in [4.78, 5) is 0. The fourth-order valence-corrected chi connectivity index (χ4v) is 2.90. The van der Waals surface area contributed by atoms with Crippen LogP contribution in [0, 0.1) is 22.2 Å². The summed E-state index contributed by atoms with van der Waals surface area (Å²) in [6, 6.07) is 0. The molecule has 0 heteroatoms. The number of rotatable bonds is 7. The Hall–Kier alpha value is 0. The standard InChI is InChI=1S/C17H36/c1-10-15(6,7)17(9,12-3)13-16(8,11-2)14(4)5/h14H,10-13H2,1-9H3. The Morgan fingerprint density at radius 1 is 0.765 bits per heavy atom. The van der Waals surface area contributed by atoms with Crippen LogP contribution in [-0.4, -0.2) is 0 Å². The summed E-state index contributed by atoms with van der Waals surface area (Å²) in [5.74, 6) is 0.769. The Bertz CT molecular complexity index is 226. The third-order valence-electron chi connectivity index (χ3n) is 6.29. The van der Waals surface area contributed by atoms with Crippen molar-refractivity contribution in [2.75, 3.05) is 0 Å². The minimum atomic E-state index is 0.438. The maximum atomic E-state index is 2.51. The SMILES string of the molecule is CCC(C)(CC(C)(CC)C(C)(C)CC)C(C)C. The molecule has 0 saturated heterocycles. The molecule has 0 aliphatic carbocycles. The van der Waals surface area contributed by atoms with Crippen LogP contribution in [0.25, 0.3) is 0 Å².